The molecule has 1 aromatic carbocycles. The Morgan fingerprint density at radius 1 is 1.23 bits per heavy atom. The number of carbonyl (C=O) groups excluding carboxylic acids is 2. The average molecular weight is 431 g/mol. The van der Waals surface area contributed by atoms with E-state index in [-0.39, 0.29) is 29.8 Å². The van der Waals surface area contributed by atoms with Crippen LogP contribution in [0.25, 0.3) is 0 Å². The fourth-order valence-corrected chi connectivity index (χ4v) is 4.38. The lowest BCUT2D eigenvalue weighted by Crippen LogP contribution is -2.44. The van der Waals surface area contributed by atoms with Gasteiger partial charge in [-0.05, 0) is 58.6 Å². The molecule has 30 heavy (non-hydrogen) atoms. The van der Waals surface area contributed by atoms with Gasteiger partial charge in [-0.2, -0.15) is 5.10 Å². The van der Waals surface area contributed by atoms with Gasteiger partial charge in [0.2, 0.25) is 5.91 Å². The first-order chi connectivity index (χ1) is 14.3. The zero-order valence-electron chi connectivity index (χ0n) is 18.2. The summed E-state index contributed by atoms with van der Waals surface area (Å²) >= 11 is 6.28. The molecule has 1 fully saturated rings. The fourth-order valence-electron chi connectivity index (χ4n) is 4.19. The van der Waals surface area contributed by atoms with Crippen LogP contribution in [0.15, 0.2) is 24.3 Å². The van der Waals surface area contributed by atoms with Gasteiger partial charge in [0.05, 0.1) is 17.8 Å². The predicted molar refractivity (Wildman–Crippen MR) is 119 cm³/mol. The van der Waals surface area contributed by atoms with Crippen molar-refractivity contribution in [1.29, 1.82) is 0 Å². The summed E-state index contributed by atoms with van der Waals surface area (Å²) in [6.07, 6.45) is 3.38. The van der Waals surface area contributed by atoms with Crippen molar-refractivity contribution >= 4 is 23.4 Å². The third kappa shape index (κ3) is 5.22. The Kier molecular flexibility index (Phi) is 7.19. The molecule has 1 aliphatic rings. The molecule has 7 heteroatoms. The van der Waals surface area contributed by atoms with Gasteiger partial charge in [-0.15, -0.1) is 0 Å². The molecule has 0 saturated heterocycles. The molecule has 0 bridgehead atoms. The minimum absolute atomic E-state index is 0.000111. The number of carbonyl (C=O) groups is 2. The van der Waals surface area contributed by atoms with Crippen LogP contribution in [0.4, 0.5) is 0 Å². The Morgan fingerprint density at radius 2 is 1.97 bits per heavy atom. The molecule has 0 spiro atoms. The number of amides is 2. The molecule has 2 N–H and O–H groups in total. The molecule has 0 aliphatic heterocycles. The van der Waals surface area contributed by atoms with Crippen molar-refractivity contribution < 1.29 is 9.59 Å². The third-order valence-electron chi connectivity index (χ3n) is 5.70. The molecule has 1 aromatic heterocycles. The van der Waals surface area contributed by atoms with Crippen molar-refractivity contribution in [2.75, 3.05) is 0 Å². The van der Waals surface area contributed by atoms with E-state index < -0.39 is 0 Å². The summed E-state index contributed by atoms with van der Waals surface area (Å²) in [6.45, 7) is 8.20. The van der Waals surface area contributed by atoms with Crippen LogP contribution in [-0.2, 0) is 11.3 Å². The highest BCUT2D eigenvalue weighted by atomic mass is 35.5. The van der Waals surface area contributed by atoms with Crippen molar-refractivity contribution in [2.45, 2.75) is 72.0 Å². The smallest absolute Gasteiger partial charge is 0.255 e. The van der Waals surface area contributed by atoms with Gasteiger partial charge >= 0.3 is 0 Å². The van der Waals surface area contributed by atoms with Crippen molar-refractivity contribution in [3.63, 3.8) is 0 Å². The van der Waals surface area contributed by atoms with Crippen molar-refractivity contribution in [2.24, 2.45) is 5.92 Å². The summed E-state index contributed by atoms with van der Waals surface area (Å²) < 4.78 is 1.82. The van der Waals surface area contributed by atoms with Crippen LogP contribution in [0.5, 0.6) is 0 Å². The van der Waals surface area contributed by atoms with Gasteiger partial charge in [-0.3, -0.25) is 14.3 Å². The van der Waals surface area contributed by atoms with E-state index in [4.69, 9.17) is 11.6 Å². The first-order valence-corrected chi connectivity index (χ1v) is 11.0. The molecule has 1 heterocycles. The van der Waals surface area contributed by atoms with Crippen molar-refractivity contribution in [1.82, 2.24) is 20.4 Å². The molecular formula is C23H31ClN4O2. The second kappa shape index (κ2) is 9.65. The molecule has 2 aromatic rings. The van der Waals surface area contributed by atoms with Crippen LogP contribution in [0.1, 0.15) is 66.8 Å². The van der Waals surface area contributed by atoms with E-state index in [0.29, 0.717) is 29.2 Å². The quantitative estimate of drug-likeness (QED) is 0.726. The normalized spacial score (nSPS) is 19.0. The molecule has 2 unspecified atom stereocenters. The maximum Gasteiger partial charge on any atom is 0.255 e. The Labute approximate surface area is 183 Å². The Bertz CT molecular complexity index is 922. The Balaban J connectivity index is 1.69. The predicted octanol–water partition coefficient (Wildman–Crippen LogP) is 4.01. The fraction of sp³-hybridized carbons (Fsp3) is 0.522. The number of benzene rings is 1. The topological polar surface area (TPSA) is 76.0 Å². The number of hydrogen-bond acceptors (Lipinski definition) is 3. The van der Waals surface area contributed by atoms with Gasteiger partial charge in [0, 0.05) is 28.7 Å². The molecular weight excluding hydrogens is 400 g/mol. The number of rotatable bonds is 6. The van der Waals surface area contributed by atoms with Crippen molar-refractivity contribution in [3.05, 3.63) is 51.8 Å². The monoisotopic (exact) mass is 430 g/mol. The van der Waals surface area contributed by atoms with E-state index in [1.165, 1.54) is 0 Å². The highest BCUT2D eigenvalue weighted by Gasteiger charge is 2.29. The van der Waals surface area contributed by atoms with Crippen LogP contribution in [0.3, 0.4) is 0 Å². The second-order valence-electron chi connectivity index (χ2n) is 8.49. The number of aryl methyl sites for hydroxylation is 1. The van der Waals surface area contributed by atoms with E-state index in [1.807, 2.05) is 56.6 Å². The summed E-state index contributed by atoms with van der Waals surface area (Å²) in [5.41, 5.74) is 3.08. The van der Waals surface area contributed by atoms with Gasteiger partial charge in [0.1, 0.15) is 0 Å². The van der Waals surface area contributed by atoms with Crippen LogP contribution >= 0.6 is 11.6 Å². The van der Waals surface area contributed by atoms with Gasteiger partial charge in [0.25, 0.3) is 5.91 Å². The van der Waals surface area contributed by atoms with E-state index in [9.17, 15) is 9.59 Å². The standard InChI is InChI=1S/C23H31ClN4O2/c1-14(2)25-22(29)17-9-7-10-19(12-17)26-23(30)21-15(3)27-28(16(21)4)13-18-8-5-6-11-20(18)24/h5-6,8,11,14,17,19H,7,9-10,12-13H2,1-4H3,(H,25,29)(H,26,30). The molecule has 6 nitrogen and oxygen atoms in total. The molecule has 2 amide bonds. The van der Waals surface area contributed by atoms with Crippen molar-refractivity contribution in [3.8, 4) is 0 Å². The molecule has 162 valence electrons. The van der Waals surface area contributed by atoms with Crippen LogP contribution in [0.2, 0.25) is 5.02 Å². The summed E-state index contributed by atoms with van der Waals surface area (Å²) in [5.74, 6) is -0.0780. The highest BCUT2D eigenvalue weighted by Crippen LogP contribution is 2.26. The Morgan fingerprint density at radius 3 is 2.67 bits per heavy atom. The van der Waals surface area contributed by atoms with Crippen LogP contribution in [-0.4, -0.2) is 33.7 Å². The molecule has 0 radical (unpaired) electrons. The Hall–Kier alpha value is -2.34. The van der Waals surface area contributed by atoms with Gasteiger partial charge in [0.15, 0.2) is 0 Å². The number of halogens is 1. The van der Waals surface area contributed by atoms with E-state index >= 15 is 0 Å². The van der Waals surface area contributed by atoms with Gasteiger partial charge in [-0.1, -0.05) is 36.2 Å². The minimum Gasteiger partial charge on any atom is -0.354 e. The lowest BCUT2D eigenvalue weighted by Gasteiger charge is -2.29. The summed E-state index contributed by atoms with van der Waals surface area (Å²) in [7, 11) is 0. The lowest BCUT2D eigenvalue weighted by molar-refractivity contribution is -0.126. The SMILES string of the molecule is Cc1nn(Cc2ccccc2Cl)c(C)c1C(=O)NC1CCCC(C(=O)NC(C)C)C1. The summed E-state index contributed by atoms with van der Waals surface area (Å²) in [6, 6.07) is 7.77. The second-order valence-corrected chi connectivity index (χ2v) is 8.90. The number of hydrogen-bond donors (Lipinski definition) is 2. The van der Waals surface area contributed by atoms with E-state index in [0.717, 1.165) is 30.5 Å². The van der Waals surface area contributed by atoms with Gasteiger partial charge < -0.3 is 10.6 Å². The van der Waals surface area contributed by atoms with E-state index in [1.54, 1.807) is 0 Å². The molecule has 1 saturated carbocycles. The maximum absolute atomic E-state index is 13.1. The highest BCUT2D eigenvalue weighted by molar-refractivity contribution is 6.31. The summed E-state index contributed by atoms with van der Waals surface area (Å²) in [4.78, 5) is 25.4. The van der Waals surface area contributed by atoms with E-state index in [2.05, 4.69) is 15.7 Å². The number of aromatic nitrogens is 2. The zero-order chi connectivity index (χ0) is 21.8. The molecule has 1 aliphatic carbocycles. The zero-order valence-corrected chi connectivity index (χ0v) is 18.9. The third-order valence-corrected chi connectivity index (χ3v) is 6.07. The number of nitrogens with one attached hydrogen (secondary N) is 2. The molecule has 2 atom stereocenters. The first-order valence-electron chi connectivity index (χ1n) is 10.6. The first kappa shape index (κ1) is 22.3. The van der Waals surface area contributed by atoms with Gasteiger partial charge in [-0.25, -0.2) is 0 Å². The lowest BCUT2D eigenvalue weighted by atomic mass is 9.85. The molecule has 3 rings (SSSR count). The maximum atomic E-state index is 13.1. The largest absolute Gasteiger partial charge is 0.354 e. The summed E-state index contributed by atoms with van der Waals surface area (Å²) in [5, 5.41) is 11.4. The van der Waals surface area contributed by atoms with Crippen LogP contribution < -0.4 is 10.6 Å². The van der Waals surface area contributed by atoms with Crippen LogP contribution in [0, 0.1) is 19.8 Å². The number of nitrogens with zero attached hydrogens (tertiary/aromatic N) is 2. The average Bonchev–Trinajstić information content (AvgIpc) is 2.96. The minimum atomic E-state index is -0.120.